The highest BCUT2D eigenvalue weighted by molar-refractivity contribution is 6.06. The van der Waals surface area contributed by atoms with E-state index in [-0.39, 0.29) is 11.7 Å². The van der Waals surface area contributed by atoms with Crippen LogP contribution in [0.5, 0.6) is 0 Å². The number of fused-ring (bicyclic) bond motifs is 1. The second kappa shape index (κ2) is 8.83. The van der Waals surface area contributed by atoms with Crippen molar-refractivity contribution in [3.8, 4) is 0 Å². The summed E-state index contributed by atoms with van der Waals surface area (Å²) in [5.41, 5.74) is 2.41. The lowest BCUT2D eigenvalue weighted by Gasteiger charge is -2.10. The first-order valence-corrected chi connectivity index (χ1v) is 9.40. The van der Waals surface area contributed by atoms with Gasteiger partial charge in [0.2, 0.25) is 0 Å². The smallest absolute Gasteiger partial charge is 0.308 e. The average Bonchev–Trinajstić information content (AvgIpc) is 2.79. The van der Waals surface area contributed by atoms with E-state index < -0.39 is 4.92 Å². The summed E-state index contributed by atoms with van der Waals surface area (Å²) < 4.78 is 0. The number of nitrogens with one attached hydrogen (secondary N) is 2. The van der Waals surface area contributed by atoms with Crippen molar-refractivity contribution in [1.29, 1.82) is 0 Å². The molecule has 0 radical (unpaired) electrons. The summed E-state index contributed by atoms with van der Waals surface area (Å²) in [6.07, 6.45) is 0. The van der Waals surface area contributed by atoms with E-state index in [1.54, 1.807) is 24.3 Å². The number of nitro benzene ring substituents is 1. The van der Waals surface area contributed by atoms with Crippen LogP contribution in [-0.2, 0) is 0 Å². The summed E-state index contributed by atoms with van der Waals surface area (Å²) in [7, 11) is 0. The maximum absolute atomic E-state index is 12.4. The number of azo groups is 1. The fourth-order valence-electron chi connectivity index (χ4n) is 2.99. The Morgan fingerprint density at radius 2 is 1.35 bits per heavy atom. The fourth-order valence-corrected chi connectivity index (χ4v) is 2.99. The summed E-state index contributed by atoms with van der Waals surface area (Å²) in [4.78, 5) is 22.6. The second-order valence-corrected chi connectivity index (χ2v) is 6.63. The Kier molecular flexibility index (Phi) is 5.62. The standard InChI is InChI=1S/C23H17N5O3/c29-23(25-22-7-3-5-16-4-1-2-6-21(16)22)24-17-8-10-18(11-9-17)26-27-19-12-14-20(15-13-19)28(30)31/h1-15H,(H2,24,25,29). The van der Waals surface area contributed by atoms with Gasteiger partial charge in [-0.05, 0) is 47.9 Å². The zero-order valence-corrected chi connectivity index (χ0v) is 16.2. The number of carbonyl (C=O) groups is 1. The number of urea groups is 1. The van der Waals surface area contributed by atoms with Crippen molar-refractivity contribution in [3.05, 3.63) is 101 Å². The quantitative estimate of drug-likeness (QED) is 0.214. The first kappa shape index (κ1) is 19.7. The van der Waals surface area contributed by atoms with Crippen molar-refractivity contribution >= 4 is 45.2 Å². The molecule has 0 unspecified atom stereocenters. The van der Waals surface area contributed by atoms with Crippen LogP contribution in [0.3, 0.4) is 0 Å². The van der Waals surface area contributed by atoms with Gasteiger partial charge in [-0.2, -0.15) is 10.2 Å². The molecule has 0 fully saturated rings. The predicted octanol–water partition coefficient (Wildman–Crippen LogP) is 6.81. The molecule has 0 saturated heterocycles. The van der Waals surface area contributed by atoms with E-state index in [4.69, 9.17) is 0 Å². The van der Waals surface area contributed by atoms with Crippen LogP contribution in [0.25, 0.3) is 10.8 Å². The summed E-state index contributed by atoms with van der Waals surface area (Å²) in [5, 5.41) is 26.5. The lowest BCUT2D eigenvalue weighted by molar-refractivity contribution is -0.384. The van der Waals surface area contributed by atoms with E-state index >= 15 is 0 Å². The molecule has 0 spiro atoms. The van der Waals surface area contributed by atoms with Gasteiger partial charge in [0.15, 0.2) is 0 Å². The van der Waals surface area contributed by atoms with Gasteiger partial charge in [-0.3, -0.25) is 10.1 Å². The summed E-state index contributed by atoms with van der Waals surface area (Å²) >= 11 is 0. The van der Waals surface area contributed by atoms with E-state index in [1.165, 1.54) is 24.3 Å². The number of hydrogen-bond donors (Lipinski definition) is 2. The molecule has 8 heteroatoms. The Balaban J connectivity index is 1.39. The molecule has 0 atom stereocenters. The van der Waals surface area contributed by atoms with Crippen molar-refractivity contribution in [2.45, 2.75) is 0 Å². The maximum atomic E-state index is 12.4. The first-order chi connectivity index (χ1) is 15.1. The minimum absolute atomic E-state index is 0.00356. The molecule has 31 heavy (non-hydrogen) atoms. The van der Waals surface area contributed by atoms with Gasteiger partial charge in [0, 0.05) is 23.2 Å². The van der Waals surface area contributed by atoms with Gasteiger partial charge in [0.25, 0.3) is 5.69 Å². The predicted molar refractivity (Wildman–Crippen MR) is 120 cm³/mol. The first-order valence-electron chi connectivity index (χ1n) is 9.40. The van der Waals surface area contributed by atoms with Gasteiger partial charge >= 0.3 is 6.03 Å². The Bertz CT molecular complexity index is 1260. The van der Waals surface area contributed by atoms with E-state index in [2.05, 4.69) is 20.9 Å². The van der Waals surface area contributed by atoms with Crippen LogP contribution in [0.1, 0.15) is 0 Å². The van der Waals surface area contributed by atoms with Crippen molar-refractivity contribution in [3.63, 3.8) is 0 Å². The highest BCUT2D eigenvalue weighted by Gasteiger charge is 2.06. The maximum Gasteiger partial charge on any atom is 0.323 e. The molecule has 0 aliphatic heterocycles. The molecule has 4 rings (SSSR count). The van der Waals surface area contributed by atoms with E-state index in [1.807, 2.05) is 42.5 Å². The molecule has 0 saturated carbocycles. The number of non-ortho nitro benzene ring substituents is 1. The number of hydrogen-bond acceptors (Lipinski definition) is 5. The van der Waals surface area contributed by atoms with Crippen LogP contribution < -0.4 is 10.6 Å². The molecule has 152 valence electrons. The minimum Gasteiger partial charge on any atom is -0.308 e. The topological polar surface area (TPSA) is 109 Å². The molecule has 0 aliphatic rings. The van der Waals surface area contributed by atoms with Crippen molar-refractivity contribution in [2.75, 3.05) is 10.6 Å². The number of nitro groups is 1. The number of benzene rings is 4. The molecule has 2 amide bonds. The molecule has 8 nitrogen and oxygen atoms in total. The van der Waals surface area contributed by atoms with Crippen molar-refractivity contribution in [1.82, 2.24) is 0 Å². The third-order valence-electron chi connectivity index (χ3n) is 4.50. The fraction of sp³-hybridized carbons (Fsp3) is 0. The normalized spacial score (nSPS) is 10.8. The molecular weight excluding hydrogens is 394 g/mol. The number of anilines is 2. The molecular formula is C23H17N5O3. The van der Waals surface area contributed by atoms with E-state index in [0.717, 1.165) is 16.5 Å². The summed E-state index contributed by atoms with van der Waals surface area (Å²) in [6.45, 7) is 0. The zero-order valence-electron chi connectivity index (χ0n) is 16.2. The highest BCUT2D eigenvalue weighted by atomic mass is 16.6. The van der Waals surface area contributed by atoms with Gasteiger partial charge in [-0.25, -0.2) is 4.79 Å². The van der Waals surface area contributed by atoms with Crippen molar-refractivity contribution in [2.24, 2.45) is 10.2 Å². The Hall–Kier alpha value is -4.59. The average molecular weight is 411 g/mol. The molecule has 4 aromatic rings. The largest absolute Gasteiger partial charge is 0.323 e. The van der Waals surface area contributed by atoms with Crippen LogP contribution in [0, 0.1) is 10.1 Å². The van der Waals surface area contributed by atoms with E-state index in [9.17, 15) is 14.9 Å². The van der Waals surface area contributed by atoms with Crippen LogP contribution in [0.15, 0.2) is 101 Å². The van der Waals surface area contributed by atoms with Crippen LogP contribution in [0.2, 0.25) is 0 Å². The van der Waals surface area contributed by atoms with Crippen LogP contribution in [0.4, 0.5) is 33.2 Å². The zero-order chi connectivity index (χ0) is 21.6. The van der Waals surface area contributed by atoms with Gasteiger partial charge in [-0.15, -0.1) is 0 Å². The third-order valence-corrected chi connectivity index (χ3v) is 4.50. The Morgan fingerprint density at radius 1 is 0.742 bits per heavy atom. The lowest BCUT2D eigenvalue weighted by Crippen LogP contribution is -2.19. The third kappa shape index (κ3) is 4.88. The highest BCUT2D eigenvalue weighted by Crippen LogP contribution is 2.24. The van der Waals surface area contributed by atoms with Gasteiger partial charge in [-0.1, -0.05) is 36.4 Å². The number of amides is 2. The Morgan fingerprint density at radius 3 is 2.03 bits per heavy atom. The lowest BCUT2D eigenvalue weighted by atomic mass is 10.1. The molecule has 4 aromatic carbocycles. The monoisotopic (exact) mass is 411 g/mol. The van der Waals surface area contributed by atoms with Gasteiger partial charge < -0.3 is 10.6 Å². The molecule has 0 aliphatic carbocycles. The molecule has 0 aromatic heterocycles. The van der Waals surface area contributed by atoms with Crippen LogP contribution >= 0.6 is 0 Å². The molecule has 2 N–H and O–H groups in total. The SMILES string of the molecule is O=C(Nc1ccc(N=Nc2ccc([N+](=O)[O-])cc2)cc1)Nc1cccc2ccccc12. The van der Waals surface area contributed by atoms with Gasteiger partial charge in [0.1, 0.15) is 0 Å². The number of carbonyl (C=O) groups excluding carboxylic acids is 1. The summed E-state index contributed by atoms with van der Waals surface area (Å²) in [6, 6.07) is 25.8. The number of rotatable bonds is 5. The van der Waals surface area contributed by atoms with E-state index in [0.29, 0.717) is 17.1 Å². The van der Waals surface area contributed by atoms with Gasteiger partial charge in [0.05, 0.1) is 22.0 Å². The van der Waals surface area contributed by atoms with Crippen LogP contribution in [-0.4, -0.2) is 11.0 Å². The minimum atomic E-state index is -0.469. The Labute approximate surface area is 177 Å². The molecule has 0 heterocycles. The van der Waals surface area contributed by atoms with Crippen molar-refractivity contribution < 1.29 is 9.72 Å². The second-order valence-electron chi connectivity index (χ2n) is 6.63. The molecule has 0 bridgehead atoms. The summed E-state index contributed by atoms with van der Waals surface area (Å²) in [5.74, 6) is 0. The number of nitrogens with zero attached hydrogens (tertiary/aromatic N) is 3.